The van der Waals surface area contributed by atoms with Gasteiger partial charge in [0, 0.05) is 23.4 Å². The maximum absolute atomic E-state index is 12.2. The van der Waals surface area contributed by atoms with Gasteiger partial charge in [-0.3, -0.25) is 20.2 Å². The van der Waals surface area contributed by atoms with E-state index >= 15 is 0 Å². The zero-order valence-electron chi connectivity index (χ0n) is 19.7. The highest BCUT2D eigenvalue weighted by atomic mass is 32.1. The number of nitrogens with zero attached hydrogens (tertiary/aromatic N) is 2. The predicted octanol–water partition coefficient (Wildman–Crippen LogP) is 5.81. The van der Waals surface area contributed by atoms with Gasteiger partial charge in [0.15, 0.2) is 17.3 Å². The molecular weight excluding hydrogens is 480 g/mol. The Hall–Kier alpha value is -4.31. The van der Waals surface area contributed by atoms with Crippen molar-refractivity contribution < 1.29 is 18.9 Å². The first-order valence-electron chi connectivity index (χ1n) is 11.3. The first-order valence-corrected chi connectivity index (χ1v) is 11.7. The second kappa shape index (κ2) is 11.0. The second-order valence-corrected chi connectivity index (χ2v) is 8.59. The van der Waals surface area contributed by atoms with Crippen LogP contribution in [0.4, 0.5) is 11.4 Å². The fraction of sp³-hybridized carbons (Fsp3) is 0.192. The van der Waals surface area contributed by atoms with Crippen LogP contribution in [0.15, 0.2) is 71.1 Å². The molecule has 0 radical (unpaired) electrons. The number of benzene rings is 3. The Morgan fingerprint density at radius 3 is 2.67 bits per heavy atom. The zero-order chi connectivity index (χ0) is 25.7. The zero-order valence-corrected chi connectivity index (χ0v) is 20.5. The van der Waals surface area contributed by atoms with E-state index in [9.17, 15) is 14.9 Å². The number of aromatic nitrogens is 1. The number of amides is 1. The molecular formula is C26H24N4O5S. The minimum atomic E-state index is -0.510. The van der Waals surface area contributed by atoms with Crippen LogP contribution < -0.4 is 15.4 Å². The molecule has 0 aliphatic carbocycles. The number of carbonyl (C=O) groups is 1. The Labute approximate surface area is 212 Å². The van der Waals surface area contributed by atoms with Crippen molar-refractivity contribution >= 4 is 45.7 Å². The van der Waals surface area contributed by atoms with Crippen molar-refractivity contribution in [3.63, 3.8) is 0 Å². The molecule has 0 saturated heterocycles. The summed E-state index contributed by atoms with van der Waals surface area (Å²) in [7, 11) is 0. The highest BCUT2D eigenvalue weighted by Gasteiger charge is 2.13. The standard InChI is InChI=1S/C26H24N4O5S/c1-3-16(2)17-7-12-23-22(14-17)28-25(35-23)18-5-4-6-19(13-18)27-26(36)29-24(31)15-34-21-10-8-20(9-11-21)30(32)33/h4-14,16H,3,15H2,1-2H3,(H2,27,29,31,36). The number of hydrogen-bond acceptors (Lipinski definition) is 7. The Bertz CT molecular complexity index is 1420. The van der Waals surface area contributed by atoms with Gasteiger partial charge in [-0.05, 0) is 72.6 Å². The normalized spacial score (nSPS) is 11.6. The number of nitrogens with one attached hydrogen (secondary N) is 2. The van der Waals surface area contributed by atoms with Crippen LogP contribution in [-0.4, -0.2) is 27.5 Å². The first-order chi connectivity index (χ1) is 17.3. The number of oxazole rings is 1. The van der Waals surface area contributed by atoms with E-state index in [1.54, 1.807) is 6.07 Å². The molecule has 0 bridgehead atoms. The van der Waals surface area contributed by atoms with Gasteiger partial charge in [-0.2, -0.15) is 0 Å². The van der Waals surface area contributed by atoms with Crippen molar-refractivity contribution in [2.45, 2.75) is 26.2 Å². The van der Waals surface area contributed by atoms with Crippen LogP contribution >= 0.6 is 12.2 Å². The number of nitro benzene ring substituents is 1. The molecule has 3 aromatic carbocycles. The van der Waals surface area contributed by atoms with Gasteiger partial charge in [-0.15, -0.1) is 0 Å². The van der Waals surface area contributed by atoms with Crippen LogP contribution in [0.3, 0.4) is 0 Å². The number of anilines is 1. The number of nitro groups is 1. The van der Waals surface area contributed by atoms with E-state index in [-0.39, 0.29) is 17.4 Å². The van der Waals surface area contributed by atoms with Gasteiger partial charge in [0.1, 0.15) is 11.3 Å². The molecule has 0 fully saturated rings. The number of non-ortho nitro benzene ring substituents is 1. The highest BCUT2D eigenvalue weighted by Crippen LogP contribution is 2.29. The second-order valence-electron chi connectivity index (χ2n) is 8.18. The van der Waals surface area contributed by atoms with E-state index < -0.39 is 10.8 Å². The molecule has 0 spiro atoms. The minimum Gasteiger partial charge on any atom is -0.484 e. The minimum absolute atomic E-state index is 0.0619. The fourth-order valence-corrected chi connectivity index (χ4v) is 3.71. The summed E-state index contributed by atoms with van der Waals surface area (Å²) in [5, 5.41) is 16.3. The van der Waals surface area contributed by atoms with Gasteiger partial charge in [0.25, 0.3) is 11.6 Å². The Balaban J connectivity index is 1.36. The van der Waals surface area contributed by atoms with E-state index in [0.29, 0.717) is 28.8 Å². The van der Waals surface area contributed by atoms with E-state index in [0.717, 1.165) is 17.5 Å². The maximum atomic E-state index is 12.2. The third kappa shape index (κ3) is 6.02. The SMILES string of the molecule is CCC(C)c1ccc2oc(-c3cccc(NC(=S)NC(=O)COc4ccc([N+](=O)[O-])cc4)c3)nc2c1. The molecule has 2 N–H and O–H groups in total. The molecule has 4 aromatic rings. The van der Waals surface area contributed by atoms with Crippen molar-refractivity contribution in [2.75, 3.05) is 11.9 Å². The summed E-state index contributed by atoms with van der Waals surface area (Å²) in [5.41, 5.74) is 4.09. The van der Waals surface area contributed by atoms with E-state index in [2.05, 4.69) is 41.6 Å². The lowest BCUT2D eigenvalue weighted by molar-refractivity contribution is -0.384. The van der Waals surface area contributed by atoms with Gasteiger partial charge < -0.3 is 14.5 Å². The smallest absolute Gasteiger partial charge is 0.269 e. The number of hydrogen-bond donors (Lipinski definition) is 2. The number of carbonyl (C=O) groups excluding carboxylic acids is 1. The summed E-state index contributed by atoms with van der Waals surface area (Å²) in [4.78, 5) is 27.0. The topological polar surface area (TPSA) is 120 Å². The first kappa shape index (κ1) is 24.8. The molecule has 36 heavy (non-hydrogen) atoms. The predicted molar refractivity (Wildman–Crippen MR) is 141 cm³/mol. The van der Waals surface area contributed by atoms with Gasteiger partial charge in [0.2, 0.25) is 5.89 Å². The van der Waals surface area contributed by atoms with Crippen molar-refractivity contribution in [1.82, 2.24) is 10.3 Å². The van der Waals surface area contributed by atoms with Crippen molar-refractivity contribution in [3.05, 3.63) is 82.4 Å². The summed E-state index contributed by atoms with van der Waals surface area (Å²) in [6.45, 7) is 4.03. The van der Waals surface area contributed by atoms with Crippen LogP contribution in [0, 0.1) is 10.1 Å². The van der Waals surface area contributed by atoms with Crippen LogP contribution in [0.5, 0.6) is 5.75 Å². The molecule has 1 atom stereocenters. The van der Waals surface area contributed by atoms with Gasteiger partial charge in [-0.1, -0.05) is 26.0 Å². The summed E-state index contributed by atoms with van der Waals surface area (Å²) in [6.07, 6.45) is 1.05. The largest absolute Gasteiger partial charge is 0.484 e. The molecule has 4 rings (SSSR count). The van der Waals surface area contributed by atoms with E-state index in [1.807, 2.05) is 24.3 Å². The Morgan fingerprint density at radius 1 is 1.17 bits per heavy atom. The molecule has 1 amide bonds. The third-order valence-corrected chi connectivity index (χ3v) is 5.83. The van der Waals surface area contributed by atoms with Crippen LogP contribution in [0.1, 0.15) is 31.7 Å². The maximum Gasteiger partial charge on any atom is 0.269 e. The summed E-state index contributed by atoms with van der Waals surface area (Å²) < 4.78 is 11.3. The van der Waals surface area contributed by atoms with Gasteiger partial charge in [-0.25, -0.2) is 4.98 Å². The molecule has 0 saturated carbocycles. The fourth-order valence-electron chi connectivity index (χ4n) is 3.48. The van der Waals surface area contributed by atoms with Crippen molar-refractivity contribution in [2.24, 2.45) is 0 Å². The molecule has 1 heterocycles. The number of rotatable bonds is 8. The van der Waals surface area contributed by atoms with Crippen LogP contribution in [0.2, 0.25) is 0 Å². The summed E-state index contributed by atoms with van der Waals surface area (Å²) >= 11 is 5.24. The molecule has 10 heteroatoms. The molecule has 1 unspecified atom stereocenters. The quantitative estimate of drug-likeness (QED) is 0.175. The van der Waals surface area contributed by atoms with Gasteiger partial charge >= 0.3 is 0 Å². The van der Waals surface area contributed by atoms with Gasteiger partial charge in [0.05, 0.1) is 4.92 Å². The van der Waals surface area contributed by atoms with E-state index in [4.69, 9.17) is 21.4 Å². The van der Waals surface area contributed by atoms with Crippen molar-refractivity contribution in [1.29, 1.82) is 0 Å². The highest BCUT2D eigenvalue weighted by molar-refractivity contribution is 7.80. The van der Waals surface area contributed by atoms with Crippen molar-refractivity contribution in [3.8, 4) is 17.2 Å². The summed E-state index contributed by atoms with van der Waals surface area (Å²) in [6, 6.07) is 18.9. The lowest BCUT2D eigenvalue weighted by atomic mass is 9.98. The Morgan fingerprint density at radius 2 is 1.94 bits per heavy atom. The van der Waals surface area contributed by atoms with E-state index in [1.165, 1.54) is 29.8 Å². The average Bonchev–Trinajstić information content (AvgIpc) is 3.31. The molecule has 184 valence electrons. The number of ether oxygens (including phenoxy) is 1. The average molecular weight is 505 g/mol. The molecule has 9 nitrogen and oxygen atoms in total. The summed E-state index contributed by atoms with van der Waals surface area (Å²) in [5.74, 6) is 0.786. The number of fused-ring (bicyclic) bond motifs is 1. The lowest BCUT2D eigenvalue weighted by Gasteiger charge is -2.11. The monoisotopic (exact) mass is 504 g/mol. The number of thiocarbonyl (C=S) groups is 1. The molecule has 0 aliphatic rings. The Kier molecular flexibility index (Phi) is 7.55. The lowest BCUT2D eigenvalue weighted by Crippen LogP contribution is -2.37. The molecule has 0 aliphatic heterocycles. The van der Waals surface area contributed by atoms with Crippen LogP contribution in [0.25, 0.3) is 22.6 Å². The van der Waals surface area contributed by atoms with Crippen LogP contribution in [-0.2, 0) is 4.79 Å². The molecule has 1 aromatic heterocycles. The third-order valence-electron chi connectivity index (χ3n) is 5.63.